The fourth-order valence-corrected chi connectivity index (χ4v) is 5.85. The van der Waals surface area contributed by atoms with Crippen molar-refractivity contribution in [3.05, 3.63) is 69.9 Å². The number of nitriles is 1. The van der Waals surface area contributed by atoms with Gasteiger partial charge in [0.2, 0.25) is 5.91 Å². The van der Waals surface area contributed by atoms with Crippen molar-refractivity contribution in [3.8, 4) is 6.07 Å². The van der Waals surface area contributed by atoms with Crippen molar-refractivity contribution in [1.82, 2.24) is 19.4 Å². The second-order valence-corrected chi connectivity index (χ2v) is 10.5. The molecule has 2 saturated heterocycles. The van der Waals surface area contributed by atoms with Gasteiger partial charge in [0.15, 0.2) is 0 Å². The number of fused-ring (bicyclic) bond motifs is 1. The lowest BCUT2D eigenvalue weighted by atomic mass is 9.97. The third-order valence-electron chi connectivity index (χ3n) is 7.95. The van der Waals surface area contributed by atoms with E-state index in [-0.39, 0.29) is 29.4 Å². The third-order valence-corrected chi connectivity index (χ3v) is 7.95. The van der Waals surface area contributed by atoms with Crippen LogP contribution in [0.2, 0.25) is 0 Å². The number of aromatic nitrogens is 2. The molecule has 8 nitrogen and oxygen atoms in total. The molecule has 0 radical (unpaired) electrons. The number of nitrogens with zero attached hydrogens (tertiary/aromatic N) is 6. The molecule has 0 bridgehead atoms. The summed E-state index contributed by atoms with van der Waals surface area (Å²) in [6.07, 6.45) is 3.12. The number of aryl methyl sites for hydroxylation is 1. The zero-order valence-electron chi connectivity index (χ0n) is 22.1. The van der Waals surface area contributed by atoms with Gasteiger partial charge < -0.3 is 14.4 Å². The minimum atomic E-state index is -0.517. The molecule has 1 amide bonds. The van der Waals surface area contributed by atoms with E-state index in [1.54, 1.807) is 41.9 Å². The predicted molar refractivity (Wildman–Crippen MR) is 144 cm³/mol. The van der Waals surface area contributed by atoms with Crippen molar-refractivity contribution in [1.29, 1.82) is 5.26 Å². The van der Waals surface area contributed by atoms with Gasteiger partial charge in [-0.1, -0.05) is 12.1 Å². The van der Waals surface area contributed by atoms with E-state index in [0.29, 0.717) is 35.5 Å². The molecule has 2 aliphatic heterocycles. The Morgan fingerprint density at radius 3 is 2.45 bits per heavy atom. The minimum absolute atomic E-state index is 0.0479. The highest BCUT2D eigenvalue weighted by Crippen LogP contribution is 2.34. The van der Waals surface area contributed by atoms with Crippen LogP contribution in [0.4, 0.5) is 10.1 Å². The van der Waals surface area contributed by atoms with Gasteiger partial charge in [-0.15, -0.1) is 0 Å². The zero-order chi connectivity index (χ0) is 27.0. The molecule has 0 N–H and O–H groups in total. The maximum atomic E-state index is 13.9. The SMILES string of the molecule is C[C@@H]1CN(c2cc(=O)n(C)c3ccc(C#N)nc23)[C@@H](C)CN1C(C(=O)N1CCCCC1)c1ccc(F)cc1. The van der Waals surface area contributed by atoms with Crippen LogP contribution in [0, 0.1) is 17.1 Å². The van der Waals surface area contributed by atoms with Crippen LogP contribution < -0.4 is 10.5 Å². The smallest absolute Gasteiger partial charge is 0.252 e. The lowest BCUT2D eigenvalue weighted by molar-refractivity contribution is -0.139. The van der Waals surface area contributed by atoms with E-state index in [9.17, 15) is 19.2 Å². The summed E-state index contributed by atoms with van der Waals surface area (Å²) < 4.78 is 15.3. The number of amides is 1. The van der Waals surface area contributed by atoms with Crippen LogP contribution in [-0.2, 0) is 11.8 Å². The van der Waals surface area contributed by atoms with E-state index < -0.39 is 6.04 Å². The van der Waals surface area contributed by atoms with Crippen LogP contribution in [0.5, 0.6) is 0 Å². The average molecular weight is 517 g/mol. The highest BCUT2D eigenvalue weighted by Gasteiger charge is 2.40. The molecule has 198 valence electrons. The van der Waals surface area contributed by atoms with Crippen LogP contribution in [0.1, 0.15) is 50.4 Å². The number of halogens is 1. The van der Waals surface area contributed by atoms with Gasteiger partial charge in [0.05, 0.1) is 11.2 Å². The Bertz CT molecular complexity index is 1440. The quantitative estimate of drug-likeness (QED) is 0.527. The lowest BCUT2D eigenvalue weighted by Gasteiger charge is -2.48. The number of carbonyl (C=O) groups excluding carboxylic acids is 1. The topological polar surface area (TPSA) is 85.5 Å². The molecule has 2 aromatic heterocycles. The summed E-state index contributed by atoms with van der Waals surface area (Å²) in [7, 11) is 1.70. The van der Waals surface area contributed by atoms with Gasteiger partial charge in [0.25, 0.3) is 5.56 Å². The number of likely N-dealkylation sites (tertiary alicyclic amines) is 1. The Hall–Kier alpha value is -3.77. The number of anilines is 1. The molecule has 1 aromatic carbocycles. The first-order valence-corrected chi connectivity index (χ1v) is 13.3. The summed E-state index contributed by atoms with van der Waals surface area (Å²) in [4.78, 5) is 37.6. The molecular formula is C29H33FN6O2. The molecule has 0 aliphatic carbocycles. The van der Waals surface area contributed by atoms with Crippen LogP contribution in [0.15, 0.2) is 47.3 Å². The molecule has 1 unspecified atom stereocenters. The van der Waals surface area contributed by atoms with Crippen molar-refractivity contribution in [2.45, 2.75) is 51.2 Å². The maximum Gasteiger partial charge on any atom is 0.252 e. The summed E-state index contributed by atoms with van der Waals surface area (Å²) in [6, 6.07) is 12.7. The number of rotatable bonds is 4. The highest BCUT2D eigenvalue weighted by molar-refractivity contribution is 5.89. The van der Waals surface area contributed by atoms with Gasteiger partial charge in [0, 0.05) is 51.4 Å². The average Bonchev–Trinajstić information content (AvgIpc) is 2.93. The molecule has 2 fully saturated rings. The molecule has 2 aliphatic rings. The van der Waals surface area contributed by atoms with E-state index in [0.717, 1.165) is 37.9 Å². The predicted octanol–water partition coefficient (Wildman–Crippen LogP) is 3.60. The van der Waals surface area contributed by atoms with Gasteiger partial charge >= 0.3 is 0 Å². The van der Waals surface area contributed by atoms with Crippen molar-refractivity contribution in [2.75, 3.05) is 31.1 Å². The fraction of sp³-hybridized carbons (Fsp3) is 0.448. The van der Waals surface area contributed by atoms with E-state index in [1.165, 1.54) is 12.1 Å². The van der Waals surface area contributed by atoms with Crippen molar-refractivity contribution in [2.24, 2.45) is 7.05 Å². The Balaban J connectivity index is 1.51. The van der Waals surface area contributed by atoms with Crippen LogP contribution >= 0.6 is 0 Å². The van der Waals surface area contributed by atoms with Crippen LogP contribution in [-0.4, -0.2) is 63.5 Å². The Morgan fingerprint density at radius 1 is 1.05 bits per heavy atom. The second-order valence-electron chi connectivity index (χ2n) is 10.5. The van der Waals surface area contributed by atoms with Crippen LogP contribution in [0.3, 0.4) is 0 Å². The first-order chi connectivity index (χ1) is 18.3. The third kappa shape index (κ3) is 4.76. The maximum absolute atomic E-state index is 13.9. The minimum Gasteiger partial charge on any atom is -0.364 e. The molecule has 9 heteroatoms. The molecule has 4 heterocycles. The normalized spacial score (nSPS) is 21.3. The largest absolute Gasteiger partial charge is 0.364 e. The molecule has 0 spiro atoms. The van der Waals surface area contributed by atoms with Gasteiger partial charge in [0.1, 0.15) is 29.1 Å². The van der Waals surface area contributed by atoms with Crippen LogP contribution in [0.25, 0.3) is 11.0 Å². The first kappa shape index (κ1) is 25.9. The molecule has 3 aromatic rings. The molecule has 5 rings (SSSR count). The van der Waals surface area contributed by atoms with Crippen molar-refractivity contribution in [3.63, 3.8) is 0 Å². The summed E-state index contributed by atoms with van der Waals surface area (Å²) in [5.41, 5.74) is 2.90. The van der Waals surface area contributed by atoms with Crippen molar-refractivity contribution < 1.29 is 9.18 Å². The lowest BCUT2D eigenvalue weighted by Crippen LogP contribution is -2.59. The second kappa shape index (κ2) is 10.5. The first-order valence-electron chi connectivity index (χ1n) is 13.3. The highest BCUT2D eigenvalue weighted by atomic mass is 19.1. The van der Waals surface area contributed by atoms with E-state index >= 15 is 0 Å². The number of carbonyl (C=O) groups is 1. The number of hydrogen-bond acceptors (Lipinski definition) is 6. The Labute approximate surface area is 221 Å². The number of piperazine rings is 1. The van der Waals surface area contributed by atoms with E-state index in [4.69, 9.17) is 0 Å². The van der Waals surface area contributed by atoms with Crippen molar-refractivity contribution >= 4 is 22.6 Å². The number of hydrogen-bond donors (Lipinski definition) is 0. The number of pyridine rings is 2. The standard InChI is InChI=1S/C29H33FN6O2/c1-19-18-36(28(21-7-9-22(30)10-8-21)29(38)34-13-5-4-6-14-34)20(2)17-35(19)25-15-26(37)33(3)24-12-11-23(16-31)32-27(24)25/h7-12,15,19-20,28H,4-6,13-14,17-18H2,1-3H3/t19-,20+,28?/m0/s1. The van der Waals surface area contributed by atoms with E-state index in [1.807, 2.05) is 4.90 Å². The zero-order valence-corrected chi connectivity index (χ0v) is 22.1. The summed E-state index contributed by atoms with van der Waals surface area (Å²) in [6.45, 7) is 6.77. The number of benzene rings is 1. The summed E-state index contributed by atoms with van der Waals surface area (Å²) in [5, 5.41) is 9.44. The molecule has 38 heavy (non-hydrogen) atoms. The molecular weight excluding hydrogens is 483 g/mol. The molecule has 3 atom stereocenters. The Morgan fingerprint density at radius 2 is 1.76 bits per heavy atom. The van der Waals surface area contributed by atoms with E-state index in [2.05, 4.69) is 34.7 Å². The van der Waals surface area contributed by atoms with Gasteiger partial charge in [-0.05, 0) is 62.9 Å². The van der Waals surface area contributed by atoms with Gasteiger partial charge in [-0.25, -0.2) is 9.37 Å². The van der Waals surface area contributed by atoms with Gasteiger partial charge in [-0.3, -0.25) is 14.5 Å². The Kier molecular flexibility index (Phi) is 7.17. The summed E-state index contributed by atoms with van der Waals surface area (Å²) >= 11 is 0. The monoisotopic (exact) mass is 516 g/mol. The van der Waals surface area contributed by atoms with Gasteiger partial charge in [-0.2, -0.15) is 5.26 Å². The molecule has 0 saturated carbocycles. The fourth-order valence-electron chi connectivity index (χ4n) is 5.85. The number of piperidine rings is 1. The summed E-state index contributed by atoms with van der Waals surface area (Å²) in [5.74, 6) is -0.269.